The fourth-order valence-electron chi connectivity index (χ4n) is 1.84. The van der Waals surface area contributed by atoms with Gasteiger partial charge in [0.2, 0.25) is 5.91 Å². The molecular formula is C9H15N5O3. The van der Waals surface area contributed by atoms with Crippen LogP contribution in [0.4, 0.5) is 9.59 Å². The van der Waals surface area contributed by atoms with Gasteiger partial charge in [-0.1, -0.05) is 6.92 Å². The van der Waals surface area contributed by atoms with Gasteiger partial charge in [0.15, 0.2) is 0 Å². The maximum atomic E-state index is 11.5. The molecule has 17 heavy (non-hydrogen) atoms. The quantitative estimate of drug-likeness (QED) is 0.482. The highest BCUT2D eigenvalue weighted by Gasteiger charge is 2.45. The van der Waals surface area contributed by atoms with E-state index in [1.54, 1.807) is 0 Å². The van der Waals surface area contributed by atoms with Crippen LogP contribution in [-0.4, -0.2) is 48.3 Å². The summed E-state index contributed by atoms with van der Waals surface area (Å²) < 4.78 is 0. The van der Waals surface area contributed by atoms with Crippen molar-refractivity contribution in [3.8, 4) is 0 Å². The minimum Gasteiger partial charge on any atom is -0.355 e. The summed E-state index contributed by atoms with van der Waals surface area (Å²) in [4.78, 5) is 35.4. The minimum absolute atomic E-state index is 0.0606. The Bertz CT molecular complexity index is 359. The molecule has 2 fully saturated rings. The molecule has 8 heteroatoms. The zero-order valence-corrected chi connectivity index (χ0v) is 9.45. The first-order chi connectivity index (χ1) is 8.11. The van der Waals surface area contributed by atoms with Crippen molar-refractivity contribution in [3.05, 3.63) is 0 Å². The molecule has 0 aromatic carbocycles. The number of nitrogens with zero attached hydrogens (tertiary/aromatic N) is 1. The number of hydrogen-bond acceptors (Lipinski definition) is 3. The second-order valence-electron chi connectivity index (χ2n) is 3.97. The minimum atomic E-state index is -0.498. The number of urea groups is 2. The first-order valence-corrected chi connectivity index (χ1v) is 5.52. The van der Waals surface area contributed by atoms with E-state index in [4.69, 9.17) is 0 Å². The van der Waals surface area contributed by atoms with Gasteiger partial charge in [-0.3, -0.25) is 9.69 Å². The molecule has 0 unspecified atom stereocenters. The summed E-state index contributed by atoms with van der Waals surface area (Å²) in [5.74, 6) is -0.233. The van der Waals surface area contributed by atoms with Crippen LogP contribution in [0.3, 0.4) is 0 Å². The van der Waals surface area contributed by atoms with Gasteiger partial charge in [0.25, 0.3) is 0 Å². The lowest BCUT2D eigenvalue weighted by Crippen LogP contribution is -2.48. The maximum Gasteiger partial charge on any atom is 0.321 e. The van der Waals surface area contributed by atoms with Crippen molar-refractivity contribution >= 4 is 18.0 Å². The maximum absolute atomic E-state index is 11.5. The van der Waals surface area contributed by atoms with E-state index in [-0.39, 0.29) is 24.5 Å². The molecule has 2 aliphatic heterocycles. The molecule has 2 rings (SSSR count). The van der Waals surface area contributed by atoms with Crippen LogP contribution in [-0.2, 0) is 4.79 Å². The molecule has 2 atom stereocenters. The average molecular weight is 241 g/mol. The Morgan fingerprint density at radius 2 is 2.12 bits per heavy atom. The topological polar surface area (TPSA) is 103 Å². The molecule has 0 radical (unpaired) electrons. The van der Waals surface area contributed by atoms with Gasteiger partial charge < -0.3 is 21.3 Å². The monoisotopic (exact) mass is 241 g/mol. The van der Waals surface area contributed by atoms with E-state index in [1.807, 2.05) is 6.92 Å². The summed E-state index contributed by atoms with van der Waals surface area (Å²) >= 11 is 0. The van der Waals surface area contributed by atoms with Gasteiger partial charge in [0.1, 0.15) is 18.9 Å². The lowest BCUT2D eigenvalue weighted by atomic mass is 10.4. The number of amides is 5. The third-order valence-electron chi connectivity index (χ3n) is 2.64. The first kappa shape index (κ1) is 11.5. The number of carbonyl (C=O) groups is 3. The molecule has 8 nitrogen and oxygen atoms in total. The molecular weight excluding hydrogens is 226 g/mol. The number of nitrogens with one attached hydrogen (secondary N) is 4. The van der Waals surface area contributed by atoms with Crippen molar-refractivity contribution in [2.45, 2.75) is 25.7 Å². The van der Waals surface area contributed by atoms with Crippen LogP contribution in [0.25, 0.3) is 0 Å². The summed E-state index contributed by atoms with van der Waals surface area (Å²) in [6, 6.07) is -0.710. The van der Waals surface area contributed by atoms with Crippen LogP contribution < -0.4 is 21.3 Å². The molecule has 0 bridgehead atoms. The van der Waals surface area contributed by atoms with Gasteiger partial charge in [-0.25, -0.2) is 9.59 Å². The number of carbonyl (C=O) groups excluding carboxylic acids is 3. The Labute approximate surface area is 98.1 Å². The smallest absolute Gasteiger partial charge is 0.321 e. The zero-order chi connectivity index (χ0) is 12.4. The molecule has 2 aliphatic rings. The summed E-state index contributed by atoms with van der Waals surface area (Å²) in [5.41, 5.74) is 0. The molecule has 0 aromatic rings. The molecule has 2 saturated heterocycles. The van der Waals surface area contributed by atoms with E-state index in [2.05, 4.69) is 21.3 Å². The fourth-order valence-corrected chi connectivity index (χ4v) is 1.84. The molecule has 0 aliphatic carbocycles. The zero-order valence-electron chi connectivity index (χ0n) is 9.45. The predicted molar refractivity (Wildman–Crippen MR) is 57.8 cm³/mol. The largest absolute Gasteiger partial charge is 0.355 e. The third kappa shape index (κ3) is 2.24. The van der Waals surface area contributed by atoms with E-state index in [0.717, 1.165) is 6.42 Å². The van der Waals surface area contributed by atoms with Crippen LogP contribution in [0.1, 0.15) is 13.3 Å². The van der Waals surface area contributed by atoms with Crippen LogP contribution in [0, 0.1) is 0 Å². The number of hydrogen-bond donors (Lipinski definition) is 4. The van der Waals surface area contributed by atoms with E-state index >= 15 is 0 Å². The Morgan fingerprint density at radius 1 is 1.35 bits per heavy atom. The van der Waals surface area contributed by atoms with Gasteiger partial charge in [-0.05, 0) is 6.42 Å². The van der Waals surface area contributed by atoms with Gasteiger partial charge in [0.05, 0.1) is 0 Å². The Hall–Kier alpha value is -1.99. The van der Waals surface area contributed by atoms with Crippen LogP contribution >= 0.6 is 0 Å². The Balaban J connectivity index is 1.93. The highest BCUT2D eigenvalue weighted by atomic mass is 16.2. The van der Waals surface area contributed by atoms with Crippen molar-refractivity contribution in [2.24, 2.45) is 0 Å². The molecule has 0 spiro atoms. The second-order valence-corrected chi connectivity index (χ2v) is 3.97. The SMILES string of the molecule is CCCNC(=O)CN1C(=O)N[C@@H]2NC(=O)N[C@@H]21. The van der Waals surface area contributed by atoms with Crippen LogP contribution in [0.15, 0.2) is 0 Å². The lowest BCUT2D eigenvalue weighted by molar-refractivity contribution is -0.121. The van der Waals surface area contributed by atoms with Gasteiger partial charge in [-0.15, -0.1) is 0 Å². The fraction of sp³-hybridized carbons (Fsp3) is 0.667. The summed E-state index contributed by atoms with van der Waals surface area (Å²) in [5, 5.41) is 10.4. The van der Waals surface area contributed by atoms with E-state index in [1.165, 1.54) is 4.90 Å². The second kappa shape index (κ2) is 4.48. The van der Waals surface area contributed by atoms with E-state index in [9.17, 15) is 14.4 Å². The Kier molecular flexibility index (Phi) is 3.03. The van der Waals surface area contributed by atoms with Crippen molar-refractivity contribution in [1.29, 1.82) is 0 Å². The molecule has 4 N–H and O–H groups in total. The molecule has 94 valence electrons. The highest BCUT2D eigenvalue weighted by molar-refractivity contribution is 5.88. The third-order valence-corrected chi connectivity index (χ3v) is 2.64. The van der Waals surface area contributed by atoms with Crippen molar-refractivity contribution in [1.82, 2.24) is 26.2 Å². The highest BCUT2D eigenvalue weighted by Crippen LogP contribution is 2.12. The van der Waals surface area contributed by atoms with E-state index in [0.29, 0.717) is 6.54 Å². The number of fused-ring (bicyclic) bond motifs is 1. The summed E-state index contributed by atoms with van der Waals surface area (Å²) in [6.07, 6.45) is -0.126. The van der Waals surface area contributed by atoms with E-state index < -0.39 is 12.3 Å². The molecule has 5 amide bonds. The normalized spacial score (nSPS) is 26.1. The molecule has 0 aromatic heterocycles. The lowest BCUT2D eigenvalue weighted by Gasteiger charge is -2.20. The van der Waals surface area contributed by atoms with Crippen molar-refractivity contribution in [3.63, 3.8) is 0 Å². The average Bonchev–Trinajstić information content (AvgIpc) is 2.74. The first-order valence-electron chi connectivity index (χ1n) is 5.52. The van der Waals surface area contributed by atoms with Gasteiger partial charge >= 0.3 is 12.1 Å². The van der Waals surface area contributed by atoms with Gasteiger partial charge in [0, 0.05) is 6.54 Å². The van der Waals surface area contributed by atoms with Crippen LogP contribution in [0.5, 0.6) is 0 Å². The summed E-state index contributed by atoms with van der Waals surface area (Å²) in [6.45, 7) is 2.46. The standard InChI is InChI=1S/C9H15N5O3/c1-2-3-10-5(15)4-14-7-6(12-9(14)17)11-8(16)13-7/h6-7H,2-4H2,1H3,(H,10,15)(H,12,17)(H2,11,13,16)/t6-,7+/m0/s1. The summed E-state index contributed by atoms with van der Waals surface area (Å²) in [7, 11) is 0. The number of rotatable bonds is 4. The molecule has 0 saturated carbocycles. The van der Waals surface area contributed by atoms with Crippen molar-refractivity contribution in [2.75, 3.05) is 13.1 Å². The van der Waals surface area contributed by atoms with Crippen molar-refractivity contribution < 1.29 is 14.4 Å². The Morgan fingerprint density at radius 3 is 2.82 bits per heavy atom. The molecule has 2 heterocycles. The predicted octanol–water partition coefficient (Wildman–Crippen LogP) is -1.50. The van der Waals surface area contributed by atoms with Crippen LogP contribution in [0.2, 0.25) is 0 Å². The van der Waals surface area contributed by atoms with Gasteiger partial charge in [-0.2, -0.15) is 0 Å².